The zero-order valence-electron chi connectivity index (χ0n) is 7.24. The van der Waals surface area contributed by atoms with E-state index in [0.29, 0.717) is 11.3 Å². The lowest BCUT2D eigenvalue weighted by Gasteiger charge is -2.02. The summed E-state index contributed by atoms with van der Waals surface area (Å²) >= 11 is 0. The third-order valence-electron chi connectivity index (χ3n) is 1.35. The number of nitrogens with two attached hydrogens (primary N) is 1. The molecule has 4 nitrogen and oxygen atoms in total. The predicted octanol–water partition coefficient (Wildman–Crippen LogP) is 0.557. The molecule has 0 aliphatic carbocycles. The second kappa shape index (κ2) is 4.54. The fourth-order valence-corrected chi connectivity index (χ4v) is 0.839. The summed E-state index contributed by atoms with van der Waals surface area (Å²) in [6, 6.07) is 0.936. The first kappa shape index (κ1) is 9.63. The lowest BCUT2D eigenvalue weighted by atomic mass is 10.2. The average molecular weight is 185 g/mol. The number of pyridine rings is 1. The molecule has 0 saturated carbocycles. The highest BCUT2D eigenvalue weighted by Crippen LogP contribution is 2.11. The Labute approximate surface area is 81.5 Å². The summed E-state index contributed by atoms with van der Waals surface area (Å²) in [6.45, 7) is 0. The molecule has 4 heteroatoms. The second-order valence-electron chi connectivity index (χ2n) is 2.30. The van der Waals surface area contributed by atoms with Gasteiger partial charge < -0.3 is 11.1 Å². The number of nitrogens with one attached hydrogen (secondary N) is 1. The largest absolute Gasteiger partial charge is 0.351 e. The molecule has 0 atom stereocenters. The molecule has 1 aromatic heterocycles. The van der Waals surface area contributed by atoms with Gasteiger partial charge >= 0.3 is 6.03 Å². The minimum atomic E-state index is -0.653. The highest BCUT2D eigenvalue weighted by molar-refractivity contribution is 5.89. The molecule has 1 aromatic rings. The topological polar surface area (TPSA) is 68.0 Å². The van der Waals surface area contributed by atoms with Gasteiger partial charge in [0, 0.05) is 12.4 Å². The van der Waals surface area contributed by atoms with E-state index in [9.17, 15) is 4.79 Å². The minimum Gasteiger partial charge on any atom is -0.351 e. The number of amides is 2. The smallest absolute Gasteiger partial charge is 0.316 e. The van der Waals surface area contributed by atoms with Crippen LogP contribution in [0.25, 0.3) is 0 Å². The van der Waals surface area contributed by atoms with Crippen molar-refractivity contribution in [1.82, 2.24) is 4.98 Å². The zero-order chi connectivity index (χ0) is 10.4. The lowest BCUT2D eigenvalue weighted by molar-refractivity contribution is 0.259. The molecular weight excluding hydrogens is 178 g/mol. The number of carbonyl (C=O) groups excluding carboxylic acids is 1. The van der Waals surface area contributed by atoms with Crippen LogP contribution in [0.2, 0.25) is 0 Å². The number of anilines is 1. The van der Waals surface area contributed by atoms with Crippen molar-refractivity contribution in [1.29, 1.82) is 0 Å². The van der Waals surface area contributed by atoms with Gasteiger partial charge in [0.25, 0.3) is 0 Å². The molecule has 0 aromatic carbocycles. The second-order valence-corrected chi connectivity index (χ2v) is 2.30. The van der Waals surface area contributed by atoms with E-state index < -0.39 is 6.03 Å². The van der Waals surface area contributed by atoms with Gasteiger partial charge in [0.15, 0.2) is 0 Å². The van der Waals surface area contributed by atoms with E-state index in [1.807, 2.05) is 0 Å². The molecule has 68 valence electrons. The Hall–Kier alpha value is -2.46. The van der Waals surface area contributed by atoms with Gasteiger partial charge in [-0.1, -0.05) is 0 Å². The van der Waals surface area contributed by atoms with Gasteiger partial charge in [-0.15, -0.1) is 6.42 Å². The summed E-state index contributed by atoms with van der Waals surface area (Å²) in [6.07, 6.45) is 7.99. The normalized spacial score (nSPS) is 7.93. The fourth-order valence-electron chi connectivity index (χ4n) is 0.839. The Balaban J connectivity index is 3.04. The molecular formula is C10H7N3O. The van der Waals surface area contributed by atoms with Crippen LogP contribution in [0.4, 0.5) is 10.5 Å². The van der Waals surface area contributed by atoms with Crippen molar-refractivity contribution in [2.75, 3.05) is 5.32 Å². The first-order chi connectivity index (χ1) is 6.74. The van der Waals surface area contributed by atoms with Gasteiger partial charge in [-0.3, -0.25) is 4.98 Å². The standard InChI is InChI=1S/C10H7N3O/c1-2-3-4-8-7-12-6-5-9(8)13-10(11)14/h1,5-7H,(H3,11,12,13,14). The molecule has 0 saturated heterocycles. The van der Waals surface area contributed by atoms with Gasteiger partial charge in [0.1, 0.15) is 0 Å². The highest BCUT2D eigenvalue weighted by atomic mass is 16.2. The van der Waals surface area contributed by atoms with Crippen molar-refractivity contribution in [2.24, 2.45) is 5.73 Å². The van der Waals surface area contributed by atoms with Crippen LogP contribution in [0.5, 0.6) is 0 Å². The number of primary amides is 1. The first-order valence-corrected chi connectivity index (χ1v) is 3.71. The molecule has 2 amide bonds. The number of rotatable bonds is 1. The van der Waals surface area contributed by atoms with E-state index in [0.717, 1.165) is 0 Å². The highest BCUT2D eigenvalue weighted by Gasteiger charge is 2.00. The Morgan fingerprint density at radius 2 is 2.43 bits per heavy atom. The third kappa shape index (κ3) is 2.54. The molecule has 0 spiro atoms. The Morgan fingerprint density at radius 1 is 1.64 bits per heavy atom. The zero-order valence-corrected chi connectivity index (χ0v) is 7.24. The fraction of sp³-hybridized carbons (Fsp3) is 0. The lowest BCUT2D eigenvalue weighted by Crippen LogP contribution is -2.19. The molecule has 14 heavy (non-hydrogen) atoms. The van der Waals surface area contributed by atoms with E-state index in [4.69, 9.17) is 12.2 Å². The molecule has 0 fully saturated rings. The van der Waals surface area contributed by atoms with Gasteiger partial charge in [-0.05, 0) is 23.8 Å². The average Bonchev–Trinajstić information content (AvgIpc) is 2.16. The summed E-state index contributed by atoms with van der Waals surface area (Å²) < 4.78 is 0. The van der Waals surface area contributed by atoms with E-state index in [1.165, 1.54) is 12.4 Å². The van der Waals surface area contributed by atoms with Crippen molar-refractivity contribution in [3.63, 3.8) is 0 Å². The van der Waals surface area contributed by atoms with Crippen LogP contribution < -0.4 is 11.1 Å². The van der Waals surface area contributed by atoms with E-state index >= 15 is 0 Å². The Kier molecular flexibility index (Phi) is 3.12. The quantitative estimate of drug-likeness (QED) is 0.627. The van der Waals surface area contributed by atoms with Crippen LogP contribution in [0.15, 0.2) is 18.5 Å². The molecule has 0 aliphatic heterocycles. The van der Waals surface area contributed by atoms with Crippen molar-refractivity contribution in [3.05, 3.63) is 24.0 Å². The maximum atomic E-state index is 10.6. The summed E-state index contributed by atoms with van der Waals surface area (Å²) in [5.74, 6) is 7.24. The summed E-state index contributed by atoms with van der Waals surface area (Å²) in [5, 5.41) is 2.41. The van der Waals surface area contributed by atoms with Gasteiger partial charge in [0.2, 0.25) is 0 Å². The van der Waals surface area contributed by atoms with Gasteiger partial charge in [-0.25, -0.2) is 4.79 Å². The van der Waals surface area contributed by atoms with Crippen LogP contribution in [0, 0.1) is 24.2 Å². The number of terminal acetylenes is 1. The number of carbonyl (C=O) groups is 1. The van der Waals surface area contributed by atoms with Crippen molar-refractivity contribution >= 4 is 11.7 Å². The van der Waals surface area contributed by atoms with E-state index in [-0.39, 0.29) is 0 Å². The van der Waals surface area contributed by atoms with Crippen molar-refractivity contribution < 1.29 is 4.79 Å². The van der Waals surface area contributed by atoms with Crippen LogP contribution >= 0.6 is 0 Å². The molecule has 0 bridgehead atoms. The van der Waals surface area contributed by atoms with Crippen LogP contribution in [0.3, 0.4) is 0 Å². The predicted molar refractivity (Wildman–Crippen MR) is 53.2 cm³/mol. The molecule has 1 heterocycles. The van der Waals surface area contributed by atoms with Gasteiger partial charge in [-0.2, -0.15) is 0 Å². The van der Waals surface area contributed by atoms with Gasteiger partial charge in [0.05, 0.1) is 11.3 Å². The molecule has 1 rings (SSSR count). The minimum absolute atomic E-state index is 0.496. The maximum absolute atomic E-state index is 10.6. The third-order valence-corrected chi connectivity index (χ3v) is 1.35. The molecule has 0 aliphatic rings. The van der Waals surface area contributed by atoms with Crippen LogP contribution in [0.1, 0.15) is 5.56 Å². The van der Waals surface area contributed by atoms with E-state index in [2.05, 4.69) is 28.1 Å². The summed E-state index contributed by atoms with van der Waals surface area (Å²) in [4.78, 5) is 14.4. The Morgan fingerprint density at radius 3 is 3.07 bits per heavy atom. The molecule has 3 N–H and O–H groups in total. The summed E-state index contributed by atoms with van der Waals surface area (Å²) in [7, 11) is 0. The molecule has 0 radical (unpaired) electrons. The van der Waals surface area contributed by atoms with Crippen LogP contribution in [-0.2, 0) is 0 Å². The van der Waals surface area contributed by atoms with Crippen LogP contribution in [-0.4, -0.2) is 11.0 Å². The van der Waals surface area contributed by atoms with Crippen molar-refractivity contribution in [2.45, 2.75) is 0 Å². The monoisotopic (exact) mass is 185 g/mol. The number of urea groups is 1. The molecule has 0 unspecified atom stereocenters. The maximum Gasteiger partial charge on any atom is 0.316 e. The Bertz CT molecular complexity index is 448. The number of hydrogen-bond donors (Lipinski definition) is 2. The number of hydrogen-bond acceptors (Lipinski definition) is 2. The summed E-state index contributed by atoms with van der Waals surface area (Å²) in [5.41, 5.74) is 5.99. The van der Waals surface area contributed by atoms with Crippen molar-refractivity contribution in [3.8, 4) is 24.2 Å². The number of nitrogens with zero attached hydrogens (tertiary/aromatic N) is 1. The number of aromatic nitrogens is 1. The van der Waals surface area contributed by atoms with E-state index in [1.54, 1.807) is 6.07 Å². The first-order valence-electron chi connectivity index (χ1n) is 3.71. The SMILES string of the molecule is C#CC#Cc1cnccc1NC(N)=O.